The van der Waals surface area contributed by atoms with Gasteiger partial charge in [-0.2, -0.15) is 5.10 Å². The summed E-state index contributed by atoms with van der Waals surface area (Å²) in [6.45, 7) is 7.20. The number of rotatable bonds is 5. The number of likely N-dealkylation sites (tertiary alicyclic amines) is 1. The van der Waals surface area contributed by atoms with E-state index in [9.17, 15) is 14.7 Å². The molecule has 1 aliphatic carbocycles. The lowest BCUT2D eigenvalue weighted by molar-refractivity contribution is -0.128. The van der Waals surface area contributed by atoms with Crippen molar-refractivity contribution in [2.24, 2.45) is 5.73 Å². The van der Waals surface area contributed by atoms with E-state index in [0.29, 0.717) is 18.0 Å². The first-order chi connectivity index (χ1) is 17.6. The molecule has 0 spiro atoms. The van der Waals surface area contributed by atoms with Gasteiger partial charge >= 0.3 is 0 Å². The molecule has 192 valence electrons. The fraction of sp³-hybridized carbons (Fsp3) is 0.385. The van der Waals surface area contributed by atoms with Gasteiger partial charge in [0.05, 0.1) is 34.8 Å². The van der Waals surface area contributed by atoms with Gasteiger partial charge in [0.15, 0.2) is 5.69 Å². The van der Waals surface area contributed by atoms with E-state index in [1.54, 1.807) is 13.0 Å². The molecule has 1 saturated heterocycles. The Kier molecular flexibility index (Phi) is 6.00. The highest BCUT2D eigenvalue weighted by Gasteiger charge is 2.39. The summed E-state index contributed by atoms with van der Waals surface area (Å²) >= 11 is 0. The summed E-state index contributed by atoms with van der Waals surface area (Å²) in [6.07, 6.45) is 2.83. The van der Waals surface area contributed by atoms with Gasteiger partial charge in [-0.1, -0.05) is 12.5 Å². The van der Waals surface area contributed by atoms with Crippen LogP contribution in [-0.2, 0) is 4.79 Å². The van der Waals surface area contributed by atoms with Gasteiger partial charge in [0, 0.05) is 18.7 Å². The summed E-state index contributed by atoms with van der Waals surface area (Å²) in [5, 5.41) is 14.6. The number of amides is 2. The number of carbonyl (C=O) groups excluding carboxylic acids is 2. The smallest absolute Gasteiger partial charge is 0.255 e. The number of aliphatic hydroxyl groups is 1. The minimum atomic E-state index is -0.827. The van der Waals surface area contributed by atoms with E-state index in [2.05, 4.69) is 28.5 Å². The van der Waals surface area contributed by atoms with Gasteiger partial charge in [0.1, 0.15) is 23.0 Å². The zero-order chi connectivity index (χ0) is 26.6. The fourth-order valence-electron chi connectivity index (χ4n) is 5.16. The first-order valence-electron chi connectivity index (χ1n) is 12.1. The average Bonchev–Trinajstić information content (AvgIpc) is 3.35. The molecular weight excluding hydrogens is 477 g/mol. The molecule has 2 aromatic heterocycles. The Labute approximate surface area is 212 Å². The number of carbonyl (C=O) groups is 2. The number of primary amides is 1. The molecule has 5 N–H and O–H groups in total. The number of hydrogen-bond acceptors (Lipinski definition) is 6. The molecule has 1 unspecified atom stereocenters. The van der Waals surface area contributed by atoms with Crippen LogP contribution in [0.2, 0.25) is 0 Å². The minimum Gasteiger partial charge on any atom is -0.391 e. The normalized spacial score (nSPS) is 20.1. The Morgan fingerprint density at radius 1 is 1.30 bits per heavy atom. The van der Waals surface area contributed by atoms with Crippen molar-refractivity contribution in [1.82, 2.24) is 24.2 Å². The van der Waals surface area contributed by atoms with Crippen LogP contribution in [0.5, 0.6) is 0 Å². The first kappa shape index (κ1) is 24.5. The molecule has 1 saturated carbocycles. The van der Waals surface area contributed by atoms with E-state index in [1.807, 2.05) is 11.5 Å². The lowest BCUT2D eigenvalue weighted by Gasteiger charge is -2.25. The third-order valence-corrected chi connectivity index (χ3v) is 7.06. The van der Waals surface area contributed by atoms with Crippen LogP contribution in [0.25, 0.3) is 11.0 Å². The summed E-state index contributed by atoms with van der Waals surface area (Å²) in [5.74, 6) is 4.65. The number of nitrogens with zero attached hydrogens (tertiary/aromatic N) is 5. The van der Waals surface area contributed by atoms with E-state index in [4.69, 9.17) is 11.5 Å². The molecular formula is C26H28FN7O3. The number of halogens is 1. The highest BCUT2D eigenvalue weighted by atomic mass is 19.1. The van der Waals surface area contributed by atoms with Crippen LogP contribution in [0.3, 0.4) is 0 Å². The van der Waals surface area contributed by atoms with E-state index in [-0.39, 0.29) is 35.1 Å². The van der Waals surface area contributed by atoms with Crippen molar-refractivity contribution < 1.29 is 19.1 Å². The monoisotopic (exact) mass is 505 g/mol. The molecule has 37 heavy (non-hydrogen) atoms. The summed E-state index contributed by atoms with van der Waals surface area (Å²) < 4.78 is 18.4. The largest absolute Gasteiger partial charge is 0.391 e. The van der Waals surface area contributed by atoms with Crippen LogP contribution in [0.4, 0.5) is 10.2 Å². The number of imidazole rings is 1. The Balaban J connectivity index is 1.51. The maximum atomic E-state index is 15.0. The first-order valence-corrected chi connectivity index (χ1v) is 12.1. The number of nitrogen functional groups attached to an aromatic ring is 1. The highest BCUT2D eigenvalue weighted by molar-refractivity contribution is 5.99. The molecule has 11 heteroatoms. The molecule has 10 nitrogen and oxygen atoms in total. The molecule has 2 amide bonds. The second-order valence-corrected chi connectivity index (χ2v) is 9.64. The van der Waals surface area contributed by atoms with Crippen molar-refractivity contribution in [1.29, 1.82) is 0 Å². The fourth-order valence-corrected chi connectivity index (χ4v) is 5.16. The lowest BCUT2D eigenvalue weighted by Crippen LogP contribution is -2.40. The number of fused-ring (bicyclic) bond motifs is 1. The van der Waals surface area contributed by atoms with Crippen LogP contribution >= 0.6 is 0 Å². The zero-order valence-electron chi connectivity index (χ0n) is 20.6. The third kappa shape index (κ3) is 4.23. The Bertz CT molecular complexity index is 1510. The van der Waals surface area contributed by atoms with Crippen molar-refractivity contribution >= 4 is 28.7 Å². The van der Waals surface area contributed by atoms with Crippen molar-refractivity contribution in [2.75, 3.05) is 12.3 Å². The number of nitrogens with two attached hydrogens (primary N) is 2. The predicted octanol–water partition coefficient (Wildman–Crippen LogP) is 1.80. The standard InChI is InChI=1S/C26H28FN7O3/c1-4-23(36)32-12-17(10-21(32)13(2)35)34-25(28)24(26(29)37)19(31-34)8-5-15-9-20-22(11-18(15)27)33(14(3)30-20)16-6-7-16/h4,9,11,13,16-17,21,35H,1,6-7,10,12,28H2,2-3H3,(H2,29,37)/t13?,17-,21+/m0/s1. The third-order valence-electron chi connectivity index (χ3n) is 7.06. The van der Waals surface area contributed by atoms with Gasteiger partial charge in [-0.3, -0.25) is 9.59 Å². The van der Waals surface area contributed by atoms with Crippen LogP contribution in [0.15, 0.2) is 24.8 Å². The molecule has 0 radical (unpaired) electrons. The second-order valence-electron chi connectivity index (χ2n) is 9.64. The summed E-state index contributed by atoms with van der Waals surface area (Å²) in [7, 11) is 0. The second kappa shape index (κ2) is 9.05. The number of aliphatic hydroxyl groups excluding tert-OH is 1. The van der Waals surface area contributed by atoms with Gasteiger partial charge in [0.2, 0.25) is 5.91 Å². The molecule has 3 heterocycles. The molecule has 3 atom stereocenters. The summed E-state index contributed by atoms with van der Waals surface area (Å²) in [4.78, 5) is 30.6. The van der Waals surface area contributed by atoms with Gasteiger partial charge < -0.3 is 26.0 Å². The number of hydrogen-bond donors (Lipinski definition) is 3. The van der Waals surface area contributed by atoms with Crippen LogP contribution in [-0.4, -0.2) is 59.8 Å². The predicted molar refractivity (Wildman–Crippen MR) is 135 cm³/mol. The lowest BCUT2D eigenvalue weighted by atomic mass is 10.1. The molecule has 1 aliphatic heterocycles. The molecule has 5 rings (SSSR count). The number of aryl methyl sites for hydroxylation is 1. The van der Waals surface area contributed by atoms with Crippen molar-refractivity contribution in [3.63, 3.8) is 0 Å². The molecule has 1 aromatic carbocycles. The van der Waals surface area contributed by atoms with Crippen LogP contribution in [0.1, 0.15) is 65.7 Å². The zero-order valence-corrected chi connectivity index (χ0v) is 20.6. The number of aromatic nitrogens is 4. The maximum absolute atomic E-state index is 15.0. The molecule has 0 bridgehead atoms. The van der Waals surface area contributed by atoms with Gasteiger partial charge in [-0.25, -0.2) is 14.1 Å². The minimum absolute atomic E-state index is 0.00577. The molecule has 3 aromatic rings. The van der Waals surface area contributed by atoms with Crippen LogP contribution in [0, 0.1) is 24.6 Å². The van der Waals surface area contributed by atoms with Crippen LogP contribution < -0.4 is 11.5 Å². The van der Waals surface area contributed by atoms with E-state index in [1.165, 1.54) is 21.7 Å². The quantitative estimate of drug-likeness (QED) is 0.356. The van der Waals surface area contributed by atoms with Gasteiger partial charge in [0.25, 0.3) is 5.91 Å². The van der Waals surface area contributed by atoms with E-state index < -0.39 is 29.9 Å². The Morgan fingerprint density at radius 3 is 2.65 bits per heavy atom. The van der Waals surface area contributed by atoms with E-state index in [0.717, 1.165) is 24.2 Å². The van der Waals surface area contributed by atoms with Crippen molar-refractivity contribution in [3.05, 3.63) is 53.3 Å². The average molecular weight is 506 g/mol. The summed E-state index contributed by atoms with van der Waals surface area (Å²) in [5.41, 5.74) is 13.2. The highest BCUT2D eigenvalue weighted by Crippen LogP contribution is 2.39. The van der Waals surface area contributed by atoms with Crippen molar-refractivity contribution in [3.8, 4) is 11.8 Å². The number of anilines is 1. The topological polar surface area (TPSA) is 145 Å². The molecule has 2 aliphatic rings. The van der Waals surface area contributed by atoms with Crippen molar-refractivity contribution in [2.45, 2.75) is 57.3 Å². The molecule has 2 fully saturated rings. The number of benzene rings is 1. The maximum Gasteiger partial charge on any atom is 0.255 e. The van der Waals surface area contributed by atoms with Gasteiger partial charge in [-0.15, -0.1) is 0 Å². The summed E-state index contributed by atoms with van der Waals surface area (Å²) in [6, 6.07) is 2.45. The van der Waals surface area contributed by atoms with Gasteiger partial charge in [-0.05, 0) is 51.2 Å². The SMILES string of the molecule is C=CC(=O)N1C[C@@H](n2nc(C#Cc3cc4nc(C)n(C5CC5)c4cc3F)c(C(N)=O)c2N)C[C@@H]1C(C)O. The van der Waals surface area contributed by atoms with E-state index >= 15 is 4.39 Å². The Morgan fingerprint density at radius 2 is 2.03 bits per heavy atom. The Hall–Kier alpha value is -4.17.